The second-order valence-corrected chi connectivity index (χ2v) is 29.0. The van der Waals surface area contributed by atoms with Gasteiger partial charge in [0.25, 0.3) is 0 Å². The van der Waals surface area contributed by atoms with Crippen LogP contribution >= 0.6 is 59.1 Å². The summed E-state index contributed by atoms with van der Waals surface area (Å²) in [6.07, 6.45) is 0. The molecule has 0 saturated heterocycles. The third-order valence-electron chi connectivity index (χ3n) is 19.3. The maximum Gasteiger partial charge on any atom is 0.197 e. The van der Waals surface area contributed by atoms with E-state index in [0.29, 0.717) is 14.2 Å². The van der Waals surface area contributed by atoms with Crippen LogP contribution in [0.2, 0.25) is 0 Å². The van der Waals surface area contributed by atoms with Crippen LogP contribution in [-0.4, -0.2) is 34.5 Å². The molecule has 0 N–H and O–H groups in total. The van der Waals surface area contributed by atoms with Crippen molar-refractivity contribution in [1.29, 1.82) is 0 Å². The number of rotatable bonds is 9. The minimum atomic E-state index is -0.0344. The Kier molecular flexibility index (Phi) is 17.2. The number of hydrogen-bond donors (Lipinski definition) is 0. The van der Waals surface area contributed by atoms with Crippen molar-refractivity contribution in [1.82, 2.24) is 34.5 Å². The van der Waals surface area contributed by atoms with Gasteiger partial charge >= 0.3 is 0 Å². The molecule has 5 heterocycles. The molecule has 0 atom stereocenters. The molecule has 1 aliphatic rings. The van der Waals surface area contributed by atoms with Crippen molar-refractivity contribution in [2.45, 2.75) is 19.3 Å². The van der Waals surface area contributed by atoms with Gasteiger partial charge in [-0.2, -0.15) is 0 Å². The normalized spacial score (nSPS) is 12.0. The third-order valence-corrected chi connectivity index (χ3v) is 21.5. The quantitative estimate of drug-likeness (QED) is 0.134. The van der Waals surface area contributed by atoms with E-state index < -0.39 is 0 Å². The van der Waals surface area contributed by atoms with Gasteiger partial charge in [0, 0.05) is 75.4 Å². The molecule has 0 bridgehead atoms. The summed E-state index contributed by atoms with van der Waals surface area (Å²) >= 11 is 12.4. The second-order valence-electron chi connectivity index (χ2n) is 25.8. The molecule has 0 fully saturated rings. The summed E-state index contributed by atoms with van der Waals surface area (Å²) in [6.45, 7) is 4.61. The van der Waals surface area contributed by atoms with E-state index in [4.69, 9.17) is 9.97 Å². The lowest BCUT2D eigenvalue weighted by atomic mass is 9.82. The minimum absolute atomic E-state index is 0.0344. The van der Waals surface area contributed by atoms with Crippen molar-refractivity contribution in [3.8, 4) is 107 Å². The molecular formula is C91H60Br3N7S. The van der Waals surface area contributed by atoms with Crippen LogP contribution in [0.3, 0.4) is 0 Å². The van der Waals surface area contributed by atoms with E-state index >= 15 is 0 Å². The standard InChI is InChI=1S/C34H22BrN3.C29H21BrN2.C28H17BrN2S/c35-34-36-30(25-17-15-24(16-18-25)23-9-3-1-4-10-23)22-31(37-34)26-19-20-33-29(21-26)28-13-7-8-14-32(28)38(33)27-11-5-2-6-12-27;1-29(2)24-10-6-5-9-22(24)23-14-13-21(16-25(23)29)27-17-26(31-28(30)32-27)20-12-11-18-7-3-4-8-19(18)15-20;29-28-30-24(20-12-10-19(11-13-20)18-6-2-1-3-7-18)17-25(31-28)21-14-15-27-23(16-21)22-8-4-5-9-26(22)32-27/h1-22H;3-17H,1-2H3;1-17H. The van der Waals surface area contributed by atoms with Crippen molar-refractivity contribution in [3.05, 3.63) is 353 Å². The molecule has 0 aliphatic heterocycles. The topological polar surface area (TPSA) is 82.3 Å². The lowest BCUT2D eigenvalue weighted by molar-refractivity contribution is 0.660. The van der Waals surface area contributed by atoms with Gasteiger partial charge < -0.3 is 4.57 Å². The Morgan fingerprint density at radius 2 is 0.657 bits per heavy atom. The maximum absolute atomic E-state index is 4.75. The first kappa shape index (κ1) is 64.2. The largest absolute Gasteiger partial charge is 0.309 e. The number of benzene rings is 13. The molecule has 0 spiro atoms. The molecule has 0 amide bonds. The van der Waals surface area contributed by atoms with Gasteiger partial charge in [-0.05, 0) is 182 Å². The van der Waals surface area contributed by atoms with E-state index in [0.717, 1.165) is 73.2 Å². The van der Waals surface area contributed by atoms with Gasteiger partial charge in [0.15, 0.2) is 14.2 Å². The van der Waals surface area contributed by atoms with Gasteiger partial charge in [0.2, 0.25) is 0 Å². The smallest absolute Gasteiger partial charge is 0.197 e. The Morgan fingerprint density at radius 1 is 0.265 bits per heavy atom. The first-order chi connectivity index (χ1) is 50.0. The molecule has 0 unspecified atom stereocenters. The van der Waals surface area contributed by atoms with Crippen molar-refractivity contribution in [2.75, 3.05) is 0 Å². The molecule has 486 valence electrons. The monoisotopic (exact) mass is 1520 g/mol. The molecular weight excluding hydrogens is 1460 g/mol. The Morgan fingerprint density at radius 3 is 1.26 bits per heavy atom. The van der Waals surface area contributed by atoms with Crippen molar-refractivity contribution in [3.63, 3.8) is 0 Å². The van der Waals surface area contributed by atoms with Crippen LogP contribution in [-0.2, 0) is 5.41 Å². The molecule has 1 aliphatic carbocycles. The second kappa shape index (κ2) is 27.4. The van der Waals surface area contributed by atoms with Crippen LogP contribution in [0.25, 0.3) is 159 Å². The number of nitrogens with zero attached hydrogens (tertiary/aromatic N) is 7. The molecule has 7 nitrogen and oxygen atoms in total. The molecule has 19 rings (SSSR count). The first-order valence-corrected chi connectivity index (χ1v) is 36.9. The summed E-state index contributed by atoms with van der Waals surface area (Å²) in [5.41, 5.74) is 25.5. The highest BCUT2D eigenvalue weighted by Crippen LogP contribution is 2.50. The summed E-state index contributed by atoms with van der Waals surface area (Å²) in [4.78, 5) is 28.1. The fraction of sp³-hybridized carbons (Fsp3) is 0.0330. The Bertz CT molecular complexity index is 6200. The van der Waals surface area contributed by atoms with Crippen LogP contribution in [0.4, 0.5) is 0 Å². The van der Waals surface area contributed by atoms with E-state index in [2.05, 4.69) is 402 Å². The molecule has 18 aromatic rings. The van der Waals surface area contributed by atoms with Gasteiger partial charge in [-0.1, -0.05) is 263 Å². The average Bonchev–Trinajstić information content (AvgIpc) is 1.59. The zero-order valence-electron chi connectivity index (χ0n) is 55.3. The predicted molar refractivity (Wildman–Crippen MR) is 435 cm³/mol. The number of thiophene rings is 1. The van der Waals surface area contributed by atoms with E-state index in [1.54, 1.807) is 0 Å². The molecule has 13 aromatic carbocycles. The summed E-state index contributed by atoms with van der Waals surface area (Å²) in [5, 5.41) is 7.41. The summed E-state index contributed by atoms with van der Waals surface area (Å²) in [6, 6.07) is 115. The SMILES string of the molecule is Brc1nc(-c2ccc(-c3ccccc3)cc2)cc(-c2ccc3c(c2)c2ccccc2n3-c2ccccc2)n1.Brc1nc(-c2ccc(-c3ccccc3)cc2)cc(-c2ccc3sc4ccccc4c3c2)n1.CC1(C)c2ccccc2-c2ccc(-c3cc(-c4ccc5ccccc5c4)nc(Br)n3)cc21. The fourth-order valence-corrected chi connectivity index (χ4v) is 16.4. The predicted octanol–water partition coefficient (Wildman–Crippen LogP) is 26.0. The lowest BCUT2D eigenvalue weighted by Gasteiger charge is -2.21. The number of para-hydroxylation sites is 2. The van der Waals surface area contributed by atoms with Gasteiger partial charge in [-0.3, -0.25) is 0 Å². The number of fused-ring (bicyclic) bond motifs is 10. The molecule has 0 radical (unpaired) electrons. The number of hydrogen-bond acceptors (Lipinski definition) is 7. The van der Waals surface area contributed by atoms with Crippen LogP contribution in [0.1, 0.15) is 25.0 Å². The molecule has 11 heteroatoms. The van der Waals surface area contributed by atoms with Gasteiger partial charge in [0.05, 0.1) is 45.2 Å². The van der Waals surface area contributed by atoms with Gasteiger partial charge in [-0.15, -0.1) is 11.3 Å². The van der Waals surface area contributed by atoms with E-state index in [9.17, 15) is 0 Å². The number of aromatic nitrogens is 7. The average molecular weight is 1520 g/mol. The van der Waals surface area contributed by atoms with E-state index in [1.807, 2.05) is 23.5 Å². The van der Waals surface area contributed by atoms with Gasteiger partial charge in [-0.25, -0.2) is 29.9 Å². The van der Waals surface area contributed by atoms with Crippen LogP contribution in [0.15, 0.2) is 342 Å². The fourth-order valence-electron chi connectivity index (χ4n) is 14.2. The van der Waals surface area contributed by atoms with Crippen LogP contribution in [0, 0.1) is 0 Å². The van der Waals surface area contributed by atoms with Crippen molar-refractivity contribution in [2.24, 2.45) is 0 Å². The first-order valence-electron chi connectivity index (χ1n) is 33.7. The Balaban J connectivity index is 0.000000114. The molecule has 5 aromatic heterocycles. The van der Waals surface area contributed by atoms with Crippen molar-refractivity contribution >= 4 is 112 Å². The molecule has 0 saturated carbocycles. The van der Waals surface area contributed by atoms with Gasteiger partial charge in [0.1, 0.15) is 0 Å². The maximum atomic E-state index is 4.75. The minimum Gasteiger partial charge on any atom is -0.309 e. The Labute approximate surface area is 620 Å². The summed E-state index contributed by atoms with van der Waals surface area (Å²) in [7, 11) is 0. The third kappa shape index (κ3) is 12.6. The summed E-state index contributed by atoms with van der Waals surface area (Å²) < 4.78 is 6.68. The highest BCUT2D eigenvalue weighted by Gasteiger charge is 2.35. The van der Waals surface area contributed by atoms with Crippen molar-refractivity contribution < 1.29 is 0 Å². The number of halogens is 3. The zero-order valence-corrected chi connectivity index (χ0v) is 60.9. The van der Waals surface area contributed by atoms with Crippen LogP contribution in [0.5, 0.6) is 0 Å². The van der Waals surface area contributed by atoms with Crippen LogP contribution < -0.4 is 0 Å². The Hall–Kier alpha value is -11.2. The molecule has 102 heavy (non-hydrogen) atoms. The highest BCUT2D eigenvalue weighted by atomic mass is 79.9. The lowest BCUT2D eigenvalue weighted by Crippen LogP contribution is -2.14. The summed E-state index contributed by atoms with van der Waals surface area (Å²) in [5.74, 6) is 0. The zero-order chi connectivity index (χ0) is 68.8. The van der Waals surface area contributed by atoms with E-state index in [-0.39, 0.29) is 5.41 Å². The van der Waals surface area contributed by atoms with E-state index in [1.165, 1.54) is 97.3 Å². The highest BCUT2D eigenvalue weighted by molar-refractivity contribution is 9.10.